The molecule has 1 aromatic carbocycles. The Kier molecular flexibility index (Phi) is 4.89. The van der Waals surface area contributed by atoms with Crippen molar-refractivity contribution < 1.29 is 4.79 Å². The number of carbonyl (C=O) groups is 1. The molecule has 0 unspecified atom stereocenters. The molecule has 6 heteroatoms. The van der Waals surface area contributed by atoms with Crippen LogP contribution in [0.4, 0.5) is 0 Å². The van der Waals surface area contributed by atoms with Gasteiger partial charge >= 0.3 is 0 Å². The van der Waals surface area contributed by atoms with Crippen LogP contribution in [0.25, 0.3) is 11.5 Å². The number of nitrogens with one attached hydrogen (secondary N) is 1. The number of aryl methyl sites for hydroxylation is 1. The van der Waals surface area contributed by atoms with Crippen LogP contribution in [0.1, 0.15) is 20.8 Å². The molecule has 0 radical (unpaired) electrons. The van der Waals surface area contributed by atoms with E-state index in [1.54, 1.807) is 22.2 Å². The summed E-state index contributed by atoms with van der Waals surface area (Å²) in [6, 6.07) is 16.1. The minimum atomic E-state index is -0.117. The highest BCUT2D eigenvalue weighted by Crippen LogP contribution is 2.20. The maximum Gasteiger partial charge on any atom is 0.256 e. The van der Waals surface area contributed by atoms with Gasteiger partial charge in [0.2, 0.25) is 0 Å². The summed E-state index contributed by atoms with van der Waals surface area (Å²) in [7, 11) is 0. The molecule has 0 aliphatic carbocycles. The Hall–Kier alpha value is -3.12. The van der Waals surface area contributed by atoms with E-state index in [2.05, 4.69) is 16.5 Å². The number of benzene rings is 1. The molecule has 5 nitrogen and oxygen atoms in total. The first-order chi connectivity index (χ1) is 13.2. The van der Waals surface area contributed by atoms with Gasteiger partial charge in [0, 0.05) is 23.8 Å². The number of thiophene rings is 1. The second-order valence-electron chi connectivity index (χ2n) is 6.30. The molecule has 0 aliphatic heterocycles. The van der Waals surface area contributed by atoms with Gasteiger partial charge in [-0.25, -0.2) is 4.68 Å². The molecule has 0 aliphatic rings. The van der Waals surface area contributed by atoms with Gasteiger partial charge in [-0.1, -0.05) is 23.8 Å². The van der Waals surface area contributed by atoms with E-state index in [1.807, 2.05) is 71.7 Å². The van der Waals surface area contributed by atoms with Crippen molar-refractivity contribution in [1.29, 1.82) is 0 Å². The van der Waals surface area contributed by atoms with E-state index in [9.17, 15) is 4.79 Å². The quantitative estimate of drug-likeness (QED) is 0.553. The summed E-state index contributed by atoms with van der Waals surface area (Å²) in [5.74, 6) is 0.617. The zero-order valence-electron chi connectivity index (χ0n) is 15.0. The van der Waals surface area contributed by atoms with Crippen LogP contribution in [0.3, 0.4) is 0 Å². The lowest BCUT2D eigenvalue weighted by atomic mass is 10.2. The van der Waals surface area contributed by atoms with Gasteiger partial charge in [-0.05, 0) is 49.1 Å². The minimum Gasteiger partial charge on any atom is -0.352 e. The highest BCUT2D eigenvalue weighted by Gasteiger charge is 2.19. The third-order valence-electron chi connectivity index (χ3n) is 4.35. The standard InChI is InChI=1S/C21H20N4OS/c1-16-6-8-17(9-7-16)25-21(24-12-2-3-13-24)19(15-23-25)20(26)22-11-10-18-5-4-14-27-18/h2-9,12-15H,10-11H2,1H3,(H,22,26). The Morgan fingerprint density at radius 1 is 1.11 bits per heavy atom. The molecule has 4 rings (SSSR count). The Labute approximate surface area is 161 Å². The van der Waals surface area contributed by atoms with Crippen LogP contribution in [0.5, 0.6) is 0 Å². The predicted molar refractivity (Wildman–Crippen MR) is 108 cm³/mol. The van der Waals surface area contributed by atoms with Gasteiger partial charge in [-0.2, -0.15) is 5.10 Å². The van der Waals surface area contributed by atoms with Crippen LogP contribution in [0.15, 0.2) is 72.5 Å². The average Bonchev–Trinajstić information content (AvgIpc) is 3.43. The van der Waals surface area contributed by atoms with Gasteiger partial charge in [0.05, 0.1) is 11.9 Å². The zero-order valence-corrected chi connectivity index (χ0v) is 15.8. The zero-order chi connectivity index (χ0) is 18.6. The first kappa shape index (κ1) is 17.3. The molecular weight excluding hydrogens is 356 g/mol. The summed E-state index contributed by atoms with van der Waals surface area (Å²) >= 11 is 1.70. The van der Waals surface area contributed by atoms with Crippen molar-refractivity contribution in [3.8, 4) is 11.5 Å². The summed E-state index contributed by atoms with van der Waals surface area (Å²) in [6.45, 7) is 2.65. The van der Waals surface area contributed by atoms with Crippen LogP contribution >= 0.6 is 11.3 Å². The fraction of sp³-hybridized carbons (Fsp3) is 0.143. The second-order valence-corrected chi connectivity index (χ2v) is 7.34. The third-order valence-corrected chi connectivity index (χ3v) is 5.29. The molecule has 0 spiro atoms. The van der Waals surface area contributed by atoms with E-state index < -0.39 is 0 Å². The Balaban J connectivity index is 1.62. The van der Waals surface area contributed by atoms with Crippen LogP contribution in [-0.4, -0.2) is 26.8 Å². The Bertz CT molecular complexity index is 1020. The molecule has 0 saturated heterocycles. The highest BCUT2D eigenvalue weighted by atomic mass is 32.1. The third kappa shape index (κ3) is 3.71. The van der Waals surface area contributed by atoms with Crippen LogP contribution in [-0.2, 0) is 6.42 Å². The Morgan fingerprint density at radius 2 is 1.89 bits per heavy atom. The number of rotatable bonds is 6. The monoisotopic (exact) mass is 376 g/mol. The normalized spacial score (nSPS) is 10.9. The van der Waals surface area contributed by atoms with Gasteiger partial charge in [0.1, 0.15) is 5.56 Å². The highest BCUT2D eigenvalue weighted by molar-refractivity contribution is 7.09. The van der Waals surface area contributed by atoms with E-state index in [1.165, 1.54) is 10.4 Å². The number of hydrogen-bond donors (Lipinski definition) is 1. The van der Waals surface area contributed by atoms with Crippen molar-refractivity contribution in [2.75, 3.05) is 6.54 Å². The van der Waals surface area contributed by atoms with Crippen molar-refractivity contribution in [1.82, 2.24) is 19.7 Å². The van der Waals surface area contributed by atoms with E-state index in [4.69, 9.17) is 0 Å². The maximum absolute atomic E-state index is 12.8. The molecule has 3 aromatic heterocycles. The summed E-state index contributed by atoms with van der Waals surface area (Å²) < 4.78 is 3.72. The Morgan fingerprint density at radius 3 is 2.59 bits per heavy atom. The van der Waals surface area contributed by atoms with Crippen LogP contribution in [0.2, 0.25) is 0 Å². The van der Waals surface area contributed by atoms with Crippen molar-refractivity contribution in [2.24, 2.45) is 0 Å². The number of aromatic nitrogens is 3. The van der Waals surface area contributed by atoms with Crippen LogP contribution in [0, 0.1) is 6.92 Å². The van der Waals surface area contributed by atoms with Crippen LogP contribution < -0.4 is 5.32 Å². The van der Waals surface area contributed by atoms with Crippen molar-refractivity contribution in [3.05, 3.63) is 88.5 Å². The molecule has 1 N–H and O–H groups in total. The maximum atomic E-state index is 12.8. The van der Waals surface area contributed by atoms with Crippen molar-refractivity contribution in [2.45, 2.75) is 13.3 Å². The van der Waals surface area contributed by atoms with E-state index >= 15 is 0 Å². The minimum absolute atomic E-state index is 0.117. The first-order valence-electron chi connectivity index (χ1n) is 8.81. The van der Waals surface area contributed by atoms with E-state index in [0.717, 1.165) is 17.9 Å². The van der Waals surface area contributed by atoms with Crippen molar-refractivity contribution >= 4 is 17.2 Å². The molecule has 0 atom stereocenters. The molecule has 0 fully saturated rings. The lowest BCUT2D eigenvalue weighted by Gasteiger charge is -2.11. The molecule has 0 saturated carbocycles. The second kappa shape index (κ2) is 7.63. The number of nitrogens with zero attached hydrogens (tertiary/aromatic N) is 3. The molecule has 1 amide bonds. The van der Waals surface area contributed by atoms with Crippen molar-refractivity contribution in [3.63, 3.8) is 0 Å². The average molecular weight is 376 g/mol. The smallest absolute Gasteiger partial charge is 0.256 e. The molecular formula is C21H20N4OS. The largest absolute Gasteiger partial charge is 0.352 e. The predicted octanol–water partition coefficient (Wildman–Crippen LogP) is 4.01. The van der Waals surface area contributed by atoms with Gasteiger partial charge in [0.15, 0.2) is 5.82 Å². The van der Waals surface area contributed by atoms with E-state index in [0.29, 0.717) is 12.1 Å². The summed E-state index contributed by atoms with van der Waals surface area (Å²) in [5, 5.41) is 9.55. The lowest BCUT2D eigenvalue weighted by Crippen LogP contribution is -2.26. The molecule has 0 bridgehead atoms. The molecule has 27 heavy (non-hydrogen) atoms. The summed E-state index contributed by atoms with van der Waals surface area (Å²) in [5.41, 5.74) is 2.65. The molecule has 136 valence electrons. The molecule has 4 aromatic rings. The lowest BCUT2D eigenvalue weighted by molar-refractivity contribution is 0.0954. The first-order valence-corrected chi connectivity index (χ1v) is 9.69. The van der Waals surface area contributed by atoms with Gasteiger partial charge in [-0.3, -0.25) is 4.79 Å². The fourth-order valence-corrected chi connectivity index (χ4v) is 3.66. The van der Waals surface area contributed by atoms with E-state index in [-0.39, 0.29) is 5.91 Å². The SMILES string of the molecule is Cc1ccc(-n2ncc(C(=O)NCCc3cccs3)c2-n2cccc2)cc1. The topological polar surface area (TPSA) is 51.9 Å². The van der Waals surface area contributed by atoms with Gasteiger partial charge in [-0.15, -0.1) is 11.3 Å². The molecule has 3 heterocycles. The number of hydrogen-bond acceptors (Lipinski definition) is 3. The number of carbonyl (C=O) groups excluding carboxylic acids is 1. The van der Waals surface area contributed by atoms with Gasteiger partial charge < -0.3 is 9.88 Å². The summed E-state index contributed by atoms with van der Waals surface area (Å²) in [6.07, 6.45) is 6.30. The number of amides is 1. The van der Waals surface area contributed by atoms with Gasteiger partial charge in [0.25, 0.3) is 5.91 Å². The summed E-state index contributed by atoms with van der Waals surface area (Å²) in [4.78, 5) is 14.1. The fourth-order valence-electron chi connectivity index (χ4n) is 2.95.